The van der Waals surface area contributed by atoms with Crippen LogP contribution in [0.3, 0.4) is 0 Å². The smallest absolute Gasteiger partial charge is 0.248 e. The molecule has 0 unspecified atom stereocenters. The van der Waals surface area contributed by atoms with E-state index in [0.717, 1.165) is 0 Å². The first kappa shape index (κ1) is 20.0. The standard InChI is InChI=1S/C20H23NO6/c1-23-15-8-7-14(11-18(15)26-4)21-20(22)9-6-13-10-17(25-3)19(27-5)12-16(13)24-2/h6-12H,1-5H3,(H,21,22)/b9-6+. The Morgan fingerprint density at radius 1 is 0.741 bits per heavy atom. The molecule has 27 heavy (non-hydrogen) atoms. The minimum atomic E-state index is -0.306. The van der Waals surface area contributed by atoms with Gasteiger partial charge in [0.25, 0.3) is 0 Å². The summed E-state index contributed by atoms with van der Waals surface area (Å²) in [6.07, 6.45) is 3.04. The van der Waals surface area contributed by atoms with Crippen LogP contribution in [0.15, 0.2) is 36.4 Å². The maximum Gasteiger partial charge on any atom is 0.248 e. The van der Waals surface area contributed by atoms with Gasteiger partial charge >= 0.3 is 0 Å². The molecule has 7 nitrogen and oxygen atoms in total. The quantitative estimate of drug-likeness (QED) is 0.715. The van der Waals surface area contributed by atoms with Crippen molar-refractivity contribution in [2.24, 2.45) is 0 Å². The number of carbonyl (C=O) groups is 1. The third-order valence-electron chi connectivity index (χ3n) is 3.80. The molecular weight excluding hydrogens is 350 g/mol. The zero-order chi connectivity index (χ0) is 19.8. The Kier molecular flexibility index (Phi) is 6.93. The molecule has 0 saturated carbocycles. The van der Waals surface area contributed by atoms with E-state index in [1.54, 1.807) is 64.8 Å². The van der Waals surface area contributed by atoms with E-state index in [9.17, 15) is 4.79 Å². The Morgan fingerprint density at radius 3 is 1.89 bits per heavy atom. The molecule has 0 saturated heterocycles. The van der Waals surface area contributed by atoms with Crippen molar-refractivity contribution in [2.45, 2.75) is 0 Å². The van der Waals surface area contributed by atoms with E-state index in [4.69, 9.17) is 23.7 Å². The summed E-state index contributed by atoms with van der Waals surface area (Å²) < 4.78 is 26.3. The lowest BCUT2D eigenvalue weighted by molar-refractivity contribution is -0.111. The highest BCUT2D eigenvalue weighted by Gasteiger charge is 2.11. The Bertz CT molecular complexity index is 831. The molecule has 144 valence electrons. The van der Waals surface area contributed by atoms with Crippen LogP contribution < -0.4 is 29.0 Å². The number of hydrogen-bond acceptors (Lipinski definition) is 6. The molecule has 2 aromatic rings. The summed E-state index contributed by atoms with van der Waals surface area (Å²) in [5.74, 6) is 2.45. The van der Waals surface area contributed by atoms with E-state index in [1.165, 1.54) is 13.2 Å². The summed E-state index contributed by atoms with van der Waals surface area (Å²) in [4.78, 5) is 12.3. The van der Waals surface area contributed by atoms with E-state index in [1.807, 2.05) is 0 Å². The highest BCUT2D eigenvalue weighted by Crippen LogP contribution is 2.35. The predicted molar refractivity (Wildman–Crippen MR) is 103 cm³/mol. The van der Waals surface area contributed by atoms with Gasteiger partial charge in [-0.2, -0.15) is 0 Å². The molecule has 0 bridgehead atoms. The van der Waals surface area contributed by atoms with Crippen LogP contribution in [-0.4, -0.2) is 41.5 Å². The molecule has 1 amide bonds. The zero-order valence-corrected chi connectivity index (χ0v) is 16.0. The van der Waals surface area contributed by atoms with Crippen LogP contribution >= 0.6 is 0 Å². The summed E-state index contributed by atoms with van der Waals surface area (Å²) in [6.45, 7) is 0. The number of hydrogen-bond donors (Lipinski definition) is 1. The van der Waals surface area contributed by atoms with Gasteiger partial charge in [0.1, 0.15) is 5.75 Å². The summed E-state index contributed by atoms with van der Waals surface area (Å²) >= 11 is 0. The van der Waals surface area contributed by atoms with Gasteiger partial charge in [-0.1, -0.05) is 0 Å². The van der Waals surface area contributed by atoms with Gasteiger partial charge in [-0.15, -0.1) is 0 Å². The average molecular weight is 373 g/mol. The molecule has 0 aliphatic rings. The molecule has 0 radical (unpaired) electrons. The van der Waals surface area contributed by atoms with Gasteiger partial charge in [0.15, 0.2) is 23.0 Å². The third-order valence-corrected chi connectivity index (χ3v) is 3.80. The number of rotatable bonds is 8. The molecule has 0 aliphatic carbocycles. The average Bonchev–Trinajstić information content (AvgIpc) is 2.71. The third kappa shape index (κ3) is 4.84. The largest absolute Gasteiger partial charge is 0.496 e. The van der Waals surface area contributed by atoms with Crippen molar-refractivity contribution >= 4 is 17.7 Å². The van der Waals surface area contributed by atoms with E-state index in [2.05, 4.69) is 5.32 Å². The minimum absolute atomic E-state index is 0.306. The molecule has 2 aromatic carbocycles. The van der Waals surface area contributed by atoms with E-state index >= 15 is 0 Å². The topological polar surface area (TPSA) is 75.3 Å². The van der Waals surface area contributed by atoms with Crippen molar-refractivity contribution in [1.82, 2.24) is 0 Å². The van der Waals surface area contributed by atoms with Gasteiger partial charge in [0.05, 0.1) is 35.5 Å². The first-order valence-electron chi connectivity index (χ1n) is 8.07. The summed E-state index contributed by atoms with van der Waals surface area (Å²) in [5, 5.41) is 2.77. The van der Waals surface area contributed by atoms with Crippen LogP contribution in [-0.2, 0) is 4.79 Å². The molecule has 0 aromatic heterocycles. The summed E-state index contributed by atoms with van der Waals surface area (Å²) in [5.41, 5.74) is 1.26. The number of anilines is 1. The van der Waals surface area contributed by atoms with Crippen molar-refractivity contribution in [2.75, 3.05) is 40.9 Å². The lowest BCUT2D eigenvalue weighted by Crippen LogP contribution is -2.08. The van der Waals surface area contributed by atoms with Gasteiger partial charge in [-0.25, -0.2) is 0 Å². The first-order valence-corrected chi connectivity index (χ1v) is 8.07. The van der Waals surface area contributed by atoms with Gasteiger partial charge < -0.3 is 29.0 Å². The van der Waals surface area contributed by atoms with Crippen LogP contribution in [0.25, 0.3) is 6.08 Å². The fourth-order valence-corrected chi connectivity index (χ4v) is 2.45. The number of carbonyl (C=O) groups excluding carboxylic acids is 1. The normalized spacial score (nSPS) is 10.4. The monoisotopic (exact) mass is 373 g/mol. The molecule has 1 N–H and O–H groups in total. The lowest BCUT2D eigenvalue weighted by Gasteiger charge is -2.12. The summed E-state index contributed by atoms with van der Waals surface area (Å²) in [6, 6.07) is 8.56. The SMILES string of the molecule is COc1cc(OC)c(OC)cc1/C=C/C(=O)Nc1ccc(OC)c(OC)c1. The van der Waals surface area contributed by atoms with Crippen molar-refractivity contribution < 1.29 is 28.5 Å². The van der Waals surface area contributed by atoms with E-state index in [0.29, 0.717) is 40.0 Å². The highest BCUT2D eigenvalue weighted by atomic mass is 16.5. The Labute approximate surface area is 158 Å². The van der Waals surface area contributed by atoms with Gasteiger partial charge in [-0.05, 0) is 24.3 Å². The van der Waals surface area contributed by atoms with Crippen LogP contribution in [0.5, 0.6) is 28.7 Å². The van der Waals surface area contributed by atoms with Crippen molar-refractivity contribution in [1.29, 1.82) is 0 Å². The highest BCUT2D eigenvalue weighted by molar-refractivity contribution is 6.02. The maximum absolute atomic E-state index is 12.3. The van der Waals surface area contributed by atoms with Gasteiger partial charge in [-0.3, -0.25) is 4.79 Å². The van der Waals surface area contributed by atoms with Crippen molar-refractivity contribution in [3.05, 3.63) is 42.0 Å². The van der Waals surface area contributed by atoms with Crippen molar-refractivity contribution in [3.8, 4) is 28.7 Å². The van der Waals surface area contributed by atoms with Crippen LogP contribution in [0, 0.1) is 0 Å². The summed E-state index contributed by atoms with van der Waals surface area (Å²) in [7, 11) is 7.72. The Hall–Kier alpha value is -3.35. The maximum atomic E-state index is 12.3. The number of amides is 1. The number of benzene rings is 2. The lowest BCUT2D eigenvalue weighted by atomic mass is 10.1. The van der Waals surface area contributed by atoms with E-state index in [-0.39, 0.29) is 5.91 Å². The molecule has 0 fully saturated rings. The zero-order valence-electron chi connectivity index (χ0n) is 16.0. The first-order chi connectivity index (χ1) is 13.1. The van der Waals surface area contributed by atoms with Gasteiger partial charge in [0, 0.05) is 29.5 Å². The minimum Gasteiger partial charge on any atom is -0.496 e. The fourth-order valence-electron chi connectivity index (χ4n) is 2.45. The molecule has 0 heterocycles. The molecule has 0 atom stereocenters. The second-order valence-corrected chi connectivity index (χ2v) is 5.34. The molecule has 7 heteroatoms. The fraction of sp³-hybridized carbons (Fsp3) is 0.250. The number of methoxy groups -OCH3 is 5. The van der Waals surface area contributed by atoms with Crippen LogP contribution in [0.2, 0.25) is 0 Å². The van der Waals surface area contributed by atoms with Gasteiger partial charge in [0.2, 0.25) is 5.91 Å². The molecule has 0 spiro atoms. The molecule has 0 aliphatic heterocycles. The second kappa shape index (κ2) is 9.38. The van der Waals surface area contributed by atoms with Crippen molar-refractivity contribution in [3.63, 3.8) is 0 Å². The molecule has 2 rings (SSSR count). The second-order valence-electron chi connectivity index (χ2n) is 5.34. The molecular formula is C20H23NO6. The van der Waals surface area contributed by atoms with E-state index < -0.39 is 0 Å². The number of nitrogens with one attached hydrogen (secondary N) is 1. The van der Waals surface area contributed by atoms with Crippen LogP contribution in [0.4, 0.5) is 5.69 Å². The Morgan fingerprint density at radius 2 is 1.30 bits per heavy atom. The van der Waals surface area contributed by atoms with Crippen LogP contribution in [0.1, 0.15) is 5.56 Å². The predicted octanol–water partition coefficient (Wildman–Crippen LogP) is 3.38. The Balaban J connectivity index is 2.19. The number of ether oxygens (including phenoxy) is 5.